The molecule has 0 fully saturated rings. The number of rotatable bonds is 40. The van der Waals surface area contributed by atoms with Gasteiger partial charge < -0.3 is 0 Å². The fourth-order valence-electron chi connectivity index (χ4n) is 6.06. The predicted octanol–water partition coefficient (Wildman–Crippen LogP) is 9.47. The summed E-state index contributed by atoms with van der Waals surface area (Å²) in [5.41, 5.74) is 0. The van der Waals surface area contributed by atoms with Gasteiger partial charge in [-0.1, -0.05) is 0 Å². The first kappa shape index (κ1) is 55.2. The van der Waals surface area contributed by atoms with Gasteiger partial charge in [-0.05, 0) is 0 Å². The van der Waals surface area contributed by atoms with Crippen molar-refractivity contribution in [3.63, 3.8) is 0 Å². The SMILES string of the molecule is C=CCOC(CC)(OCC=C)C(C)[O][Ti]([O]C(C)C(CC)(OCC=C)OCC=C)([O]C(C)C(CC)(OCC=C)OCC=C)[O]C(C)C(CC)(OCC=C)OCC=C. The maximum atomic E-state index is 7.19. The van der Waals surface area contributed by atoms with Crippen molar-refractivity contribution in [1.82, 2.24) is 0 Å². The van der Waals surface area contributed by atoms with E-state index in [1.165, 1.54) is 0 Å². The van der Waals surface area contributed by atoms with Gasteiger partial charge in [0.05, 0.1) is 0 Å². The first-order valence-corrected chi connectivity index (χ1v) is 22.5. The molecule has 0 saturated heterocycles. The Hall–Kier alpha value is -1.85. The van der Waals surface area contributed by atoms with E-state index < -0.39 is 65.7 Å². The molecule has 4 atom stereocenters. The number of ether oxygens (including phenoxy) is 8. The molecule has 0 amide bonds. The third-order valence-corrected chi connectivity index (χ3v) is 13.3. The van der Waals surface area contributed by atoms with Crippen LogP contribution in [0, 0.1) is 0 Å². The summed E-state index contributed by atoms with van der Waals surface area (Å²) < 4.78 is 79.8. The van der Waals surface area contributed by atoms with Crippen LogP contribution in [-0.4, -0.2) is 100 Å². The van der Waals surface area contributed by atoms with Gasteiger partial charge in [-0.25, -0.2) is 0 Å². The van der Waals surface area contributed by atoms with Crippen LogP contribution in [0.5, 0.6) is 0 Å². The third-order valence-electron chi connectivity index (χ3n) is 9.30. The van der Waals surface area contributed by atoms with E-state index in [9.17, 15) is 0 Å². The fraction of sp³-hybridized carbons (Fsp3) is 0.636. The Balaban J connectivity index is 8.34. The van der Waals surface area contributed by atoms with Gasteiger partial charge in [0.15, 0.2) is 0 Å². The summed E-state index contributed by atoms with van der Waals surface area (Å²) >= 11 is -5.50. The molecule has 0 aliphatic carbocycles. The Morgan fingerprint density at radius 1 is 0.333 bits per heavy atom. The van der Waals surface area contributed by atoms with Crippen molar-refractivity contribution in [3.8, 4) is 0 Å². The van der Waals surface area contributed by atoms with Gasteiger partial charge in [-0.15, -0.1) is 0 Å². The molecular formula is C44H76O12Ti. The van der Waals surface area contributed by atoms with Crippen molar-refractivity contribution in [2.24, 2.45) is 0 Å². The first-order chi connectivity index (χ1) is 27.2. The van der Waals surface area contributed by atoms with Crippen molar-refractivity contribution in [2.45, 2.75) is 129 Å². The second kappa shape index (κ2) is 29.4. The molecule has 0 aliphatic rings. The molecule has 328 valence electrons. The normalized spacial score (nSPS) is 15.7. The van der Waals surface area contributed by atoms with Crippen molar-refractivity contribution >= 4 is 0 Å². The van der Waals surface area contributed by atoms with Crippen molar-refractivity contribution in [3.05, 3.63) is 101 Å². The Kier molecular flexibility index (Phi) is 28.4. The zero-order valence-corrected chi connectivity index (χ0v) is 38.0. The molecule has 0 aromatic rings. The van der Waals surface area contributed by atoms with E-state index in [1.54, 1.807) is 48.6 Å². The standard InChI is InChI=1S/4C11H19O3.Ti/c4*1-5-8-13-11(7-3,10(4)12)14-9-6-2;/h4*5-6,10H,1-2,7-9H2,3-4H3;/q4*-1;+4. The molecule has 57 heavy (non-hydrogen) atoms. The van der Waals surface area contributed by atoms with Crippen LogP contribution in [0.15, 0.2) is 101 Å². The van der Waals surface area contributed by atoms with Gasteiger partial charge in [-0.3, -0.25) is 0 Å². The van der Waals surface area contributed by atoms with E-state index in [1.807, 2.05) is 55.4 Å². The topological polar surface area (TPSA) is 111 Å². The Bertz CT molecular complexity index is 962. The monoisotopic (exact) mass is 844 g/mol. The average Bonchev–Trinajstić information content (AvgIpc) is 3.21. The van der Waals surface area contributed by atoms with E-state index in [2.05, 4.69) is 52.6 Å². The zero-order chi connectivity index (χ0) is 43.4. The molecule has 0 N–H and O–H groups in total. The molecule has 0 rings (SSSR count). The van der Waals surface area contributed by atoms with Crippen molar-refractivity contribution in [1.29, 1.82) is 0 Å². The third kappa shape index (κ3) is 16.6. The Labute approximate surface area is 350 Å². The second-order valence-corrected chi connectivity index (χ2v) is 16.0. The van der Waals surface area contributed by atoms with Gasteiger partial charge >= 0.3 is 352 Å². The van der Waals surface area contributed by atoms with Crippen molar-refractivity contribution in [2.75, 3.05) is 52.9 Å². The van der Waals surface area contributed by atoms with E-state index >= 15 is 0 Å². The van der Waals surface area contributed by atoms with Crippen LogP contribution in [-0.2, 0) is 69.3 Å². The minimum absolute atomic E-state index is 0.154. The fourth-order valence-corrected chi connectivity index (χ4v) is 10.4. The summed E-state index contributed by atoms with van der Waals surface area (Å²) in [6.07, 6.45) is 10.9. The molecule has 0 aliphatic heterocycles. The van der Waals surface area contributed by atoms with Gasteiger partial charge in [0.25, 0.3) is 0 Å². The molecule has 13 heteroatoms. The molecule has 0 aromatic heterocycles. The molecule has 0 aromatic carbocycles. The van der Waals surface area contributed by atoms with Crippen LogP contribution >= 0.6 is 0 Å². The maximum absolute atomic E-state index is 7.19. The number of hydrogen-bond acceptors (Lipinski definition) is 12. The van der Waals surface area contributed by atoms with Gasteiger partial charge in [0.1, 0.15) is 0 Å². The molecule has 0 saturated carbocycles. The van der Waals surface area contributed by atoms with Crippen molar-refractivity contribution < 1.29 is 69.3 Å². The molecule has 0 spiro atoms. The second-order valence-electron chi connectivity index (χ2n) is 13.0. The Morgan fingerprint density at radius 3 is 0.579 bits per heavy atom. The molecule has 0 radical (unpaired) electrons. The molecule has 12 nitrogen and oxygen atoms in total. The van der Waals surface area contributed by atoms with E-state index in [0.717, 1.165) is 0 Å². The summed E-state index contributed by atoms with van der Waals surface area (Å²) in [5.74, 6) is -5.36. The molecule has 0 bridgehead atoms. The summed E-state index contributed by atoms with van der Waals surface area (Å²) in [6.45, 7) is 47.0. The van der Waals surface area contributed by atoms with Gasteiger partial charge in [-0.2, -0.15) is 0 Å². The molecular weight excluding hydrogens is 768 g/mol. The van der Waals surface area contributed by atoms with Gasteiger partial charge in [0, 0.05) is 0 Å². The first-order valence-electron chi connectivity index (χ1n) is 19.9. The minimum atomic E-state index is -5.50. The zero-order valence-electron chi connectivity index (χ0n) is 36.5. The average molecular weight is 845 g/mol. The number of hydrogen-bond donors (Lipinski definition) is 0. The van der Waals surface area contributed by atoms with Crippen LogP contribution in [0.1, 0.15) is 81.1 Å². The van der Waals surface area contributed by atoms with E-state index in [0.29, 0.717) is 25.7 Å². The predicted molar refractivity (Wildman–Crippen MR) is 223 cm³/mol. The van der Waals surface area contributed by atoms with Crippen LogP contribution in [0.4, 0.5) is 0 Å². The van der Waals surface area contributed by atoms with E-state index in [4.69, 9.17) is 51.2 Å². The molecule has 4 unspecified atom stereocenters. The Morgan fingerprint density at radius 2 is 0.474 bits per heavy atom. The summed E-state index contributed by atoms with van der Waals surface area (Å²) in [6, 6.07) is 0. The van der Waals surface area contributed by atoms with E-state index in [-0.39, 0.29) is 52.9 Å². The van der Waals surface area contributed by atoms with Crippen LogP contribution < -0.4 is 0 Å². The summed E-state index contributed by atoms with van der Waals surface area (Å²) in [4.78, 5) is 0. The van der Waals surface area contributed by atoms with Gasteiger partial charge in [0.2, 0.25) is 0 Å². The summed E-state index contributed by atoms with van der Waals surface area (Å²) in [5, 5.41) is 0. The summed E-state index contributed by atoms with van der Waals surface area (Å²) in [7, 11) is 0. The van der Waals surface area contributed by atoms with Crippen LogP contribution in [0.2, 0.25) is 0 Å². The van der Waals surface area contributed by atoms with Crippen LogP contribution in [0.25, 0.3) is 0 Å². The quantitative estimate of drug-likeness (QED) is 0.0333. The molecule has 0 heterocycles. The van der Waals surface area contributed by atoms with Crippen LogP contribution in [0.3, 0.4) is 0 Å².